The maximum absolute atomic E-state index is 11.3. The minimum Gasteiger partial charge on any atom is -0.497 e. The third-order valence-corrected chi connectivity index (χ3v) is 5.96. The first-order valence-corrected chi connectivity index (χ1v) is 9.81. The van der Waals surface area contributed by atoms with Gasteiger partial charge in [0.1, 0.15) is 11.5 Å². The Labute approximate surface area is 166 Å². The molecule has 0 bridgehead atoms. The Balaban J connectivity index is 1.72. The van der Waals surface area contributed by atoms with Crippen molar-refractivity contribution < 1.29 is 19.7 Å². The monoisotopic (exact) mass is 378 g/mol. The van der Waals surface area contributed by atoms with Gasteiger partial charge in [-0.3, -0.25) is 0 Å². The van der Waals surface area contributed by atoms with Crippen molar-refractivity contribution >= 4 is 0 Å². The molecule has 0 amide bonds. The highest BCUT2D eigenvalue weighted by atomic mass is 16.5. The second-order valence-corrected chi connectivity index (χ2v) is 7.72. The molecule has 2 N–H and O–H groups in total. The molecule has 2 atom stereocenters. The summed E-state index contributed by atoms with van der Waals surface area (Å²) in [5.74, 6) is 7.67. The quantitative estimate of drug-likeness (QED) is 0.786. The third kappa shape index (κ3) is 3.26. The first kappa shape index (κ1) is 18.9. The van der Waals surface area contributed by atoms with Crippen LogP contribution in [0.4, 0.5) is 0 Å². The molecule has 0 saturated heterocycles. The molecule has 2 unspecified atom stereocenters. The highest BCUT2D eigenvalue weighted by Gasteiger charge is 2.36. The Morgan fingerprint density at radius 2 is 1.18 bits per heavy atom. The van der Waals surface area contributed by atoms with E-state index >= 15 is 0 Å². The topological polar surface area (TPSA) is 58.9 Å². The molecule has 4 heteroatoms. The van der Waals surface area contributed by atoms with Crippen LogP contribution in [0.2, 0.25) is 0 Å². The Hall–Kier alpha value is -2.48. The SMILES string of the molecule is COc1ccc2c(c1)CCCC2(O)C#CC1(O)CCCc2cc(OC)ccc21. The van der Waals surface area contributed by atoms with Gasteiger partial charge in [-0.15, -0.1) is 0 Å². The number of methoxy groups -OCH3 is 2. The number of ether oxygens (including phenoxy) is 2. The van der Waals surface area contributed by atoms with Gasteiger partial charge >= 0.3 is 0 Å². The smallest absolute Gasteiger partial charge is 0.151 e. The van der Waals surface area contributed by atoms with E-state index in [1.807, 2.05) is 36.4 Å². The van der Waals surface area contributed by atoms with E-state index < -0.39 is 11.2 Å². The number of aryl methyl sites for hydroxylation is 2. The van der Waals surface area contributed by atoms with Crippen molar-refractivity contribution in [3.63, 3.8) is 0 Å². The maximum Gasteiger partial charge on any atom is 0.151 e. The van der Waals surface area contributed by atoms with Crippen LogP contribution in [0, 0.1) is 11.8 Å². The van der Waals surface area contributed by atoms with Crippen molar-refractivity contribution in [1.29, 1.82) is 0 Å². The molecule has 0 aromatic heterocycles. The lowest BCUT2D eigenvalue weighted by atomic mass is 9.76. The average molecular weight is 378 g/mol. The molecule has 0 heterocycles. The van der Waals surface area contributed by atoms with Crippen molar-refractivity contribution in [2.75, 3.05) is 14.2 Å². The van der Waals surface area contributed by atoms with E-state index in [9.17, 15) is 10.2 Å². The van der Waals surface area contributed by atoms with E-state index in [4.69, 9.17) is 9.47 Å². The van der Waals surface area contributed by atoms with Gasteiger partial charge in [-0.2, -0.15) is 0 Å². The van der Waals surface area contributed by atoms with Crippen LogP contribution in [0.15, 0.2) is 36.4 Å². The van der Waals surface area contributed by atoms with E-state index in [-0.39, 0.29) is 0 Å². The number of benzene rings is 2. The van der Waals surface area contributed by atoms with E-state index in [0.29, 0.717) is 12.8 Å². The van der Waals surface area contributed by atoms with E-state index in [0.717, 1.165) is 59.4 Å². The summed E-state index contributed by atoms with van der Waals surface area (Å²) in [6, 6.07) is 11.4. The van der Waals surface area contributed by atoms with Gasteiger partial charge in [-0.25, -0.2) is 0 Å². The summed E-state index contributed by atoms with van der Waals surface area (Å²) < 4.78 is 10.6. The zero-order valence-corrected chi connectivity index (χ0v) is 16.4. The van der Waals surface area contributed by atoms with Crippen LogP contribution in [0.1, 0.15) is 47.9 Å². The zero-order valence-electron chi connectivity index (χ0n) is 16.4. The molecule has 2 aliphatic rings. The fourth-order valence-corrected chi connectivity index (χ4v) is 4.42. The molecule has 0 spiro atoms. The molecule has 2 aliphatic carbocycles. The summed E-state index contributed by atoms with van der Waals surface area (Å²) in [5.41, 5.74) is 1.26. The predicted octanol–water partition coefficient (Wildman–Crippen LogP) is 3.46. The first-order valence-electron chi connectivity index (χ1n) is 9.81. The molecule has 4 nitrogen and oxygen atoms in total. The molecule has 0 radical (unpaired) electrons. The van der Waals surface area contributed by atoms with Crippen LogP contribution in [-0.2, 0) is 24.0 Å². The largest absolute Gasteiger partial charge is 0.497 e. The van der Waals surface area contributed by atoms with Crippen molar-refractivity contribution in [2.24, 2.45) is 0 Å². The van der Waals surface area contributed by atoms with E-state index in [2.05, 4.69) is 11.8 Å². The highest BCUT2D eigenvalue weighted by Crippen LogP contribution is 2.39. The predicted molar refractivity (Wildman–Crippen MR) is 107 cm³/mol. The van der Waals surface area contributed by atoms with Gasteiger partial charge in [0.2, 0.25) is 0 Å². The summed E-state index contributed by atoms with van der Waals surface area (Å²) in [5, 5.41) is 22.6. The number of aliphatic hydroxyl groups is 2. The number of hydrogen-bond donors (Lipinski definition) is 2. The average Bonchev–Trinajstić information content (AvgIpc) is 2.72. The highest BCUT2D eigenvalue weighted by molar-refractivity contribution is 5.48. The van der Waals surface area contributed by atoms with Crippen molar-refractivity contribution in [2.45, 2.75) is 49.7 Å². The van der Waals surface area contributed by atoms with Gasteiger partial charge in [0.05, 0.1) is 14.2 Å². The minimum atomic E-state index is -1.25. The molecule has 4 rings (SSSR count). The fraction of sp³-hybridized carbons (Fsp3) is 0.417. The van der Waals surface area contributed by atoms with E-state index in [1.165, 1.54) is 0 Å². The summed E-state index contributed by atoms with van der Waals surface area (Å²) in [6.07, 6.45) is 4.59. The Bertz CT molecular complexity index is 879. The molecule has 0 aliphatic heterocycles. The molecule has 2 aromatic rings. The molecule has 146 valence electrons. The summed E-state index contributed by atoms with van der Waals surface area (Å²) in [6.45, 7) is 0. The van der Waals surface area contributed by atoms with Crippen LogP contribution in [-0.4, -0.2) is 24.4 Å². The number of rotatable bonds is 2. The van der Waals surface area contributed by atoms with Crippen molar-refractivity contribution in [3.05, 3.63) is 58.7 Å². The lowest BCUT2D eigenvalue weighted by molar-refractivity contribution is 0.0683. The van der Waals surface area contributed by atoms with Crippen LogP contribution >= 0.6 is 0 Å². The maximum atomic E-state index is 11.3. The molecular weight excluding hydrogens is 352 g/mol. The summed E-state index contributed by atoms with van der Waals surface area (Å²) >= 11 is 0. The molecule has 0 saturated carbocycles. The van der Waals surface area contributed by atoms with Crippen LogP contribution in [0.25, 0.3) is 0 Å². The number of fused-ring (bicyclic) bond motifs is 2. The van der Waals surface area contributed by atoms with Crippen molar-refractivity contribution in [3.8, 4) is 23.3 Å². The van der Waals surface area contributed by atoms with Gasteiger partial charge in [0.15, 0.2) is 11.2 Å². The standard InChI is InChI=1S/C24H26O4/c1-27-19-7-9-21-17(15-19)5-3-11-23(21,25)13-14-24(26)12-4-6-18-16-20(28-2)8-10-22(18)24/h7-10,15-16,25-26H,3-6,11-12H2,1-2H3. The van der Waals surface area contributed by atoms with Gasteiger partial charge in [-0.05, 0) is 85.0 Å². The Morgan fingerprint density at radius 1 is 0.750 bits per heavy atom. The van der Waals surface area contributed by atoms with Crippen LogP contribution in [0.5, 0.6) is 11.5 Å². The first-order chi connectivity index (χ1) is 13.5. The molecule has 2 aromatic carbocycles. The lowest BCUT2D eigenvalue weighted by Crippen LogP contribution is -2.32. The van der Waals surface area contributed by atoms with Gasteiger partial charge in [0.25, 0.3) is 0 Å². The zero-order chi connectivity index (χ0) is 19.8. The van der Waals surface area contributed by atoms with Gasteiger partial charge in [-0.1, -0.05) is 24.0 Å². The minimum absolute atomic E-state index is 0.560. The lowest BCUT2D eigenvalue weighted by Gasteiger charge is -2.33. The van der Waals surface area contributed by atoms with Gasteiger partial charge in [0, 0.05) is 0 Å². The summed E-state index contributed by atoms with van der Waals surface area (Å²) in [4.78, 5) is 0. The Kier molecular flexibility index (Phi) is 4.82. The van der Waals surface area contributed by atoms with Crippen LogP contribution < -0.4 is 9.47 Å². The molecule has 0 fully saturated rings. The Morgan fingerprint density at radius 3 is 1.57 bits per heavy atom. The molecule has 28 heavy (non-hydrogen) atoms. The normalized spacial score (nSPS) is 25.7. The fourth-order valence-electron chi connectivity index (χ4n) is 4.42. The second kappa shape index (κ2) is 7.16. The molecular formula is C24H26O4. The summed E-state index contributed by atoms with van der Waals surface area (Å²) in [7, 11) is 3.28. The van der Waals surface area contributed by atoms with Crippen LogP contribution in [0.3, 0.4) is 0 Å². The third-order valence-electron chi connectivity index (χ3n) is 5.96. The van der Waals surface area contributed by atoms with E-state index in [1.54, 1.807) is 14.2 Å². The van der Waals surface area contributed by atoms with Gasteiger partial charge < -0.3 is 19.7 Å². The van der Waals surface area contributed by atoms with Crippen molar-refractivity contribution in [1.82, 2.24) is 0 Å². The number of hydrogen-bond acceptors (Lipinski definition) is 4. The second-order valence-electron chi connectivity index (χ2n) is 7.72.